The van der Waals surface area contributed by atoms with E-state index in [0.29, 0.717) is 36.2 Å². The molecule has 0 aliphatic carbocycles. The Morgan fingerprint density at radius 3 is 2.75 bits per heavy atom. The first-order valence-electron chi connectivity index (χ1n) is 9.16. The summed E-state index contributed by atoms with van der Waals surface area (Å²) >= 11 is 7.62. The van der Waals surface area contributed by atoms with Gasteiger partial charge in [0.15, 0.2) is 5.96 Å². The Balaban J connectivity index is 1.48. The molecule has 0 unspecified atom stereocenters. The Hall–Kier alpha value is -2.45. The number of aryl methyl sites for hydroxylation is 1. The van der Waals surface area contributed by atoms with Crippen LogP contribution in [0.25, 0.3) is 11.4 Å². The molecule has 3 aromatic rings. The van der Waals surface area contributed by atoms with Gasteiger partial charge >= 0.3 is 0 Å². The van der Waals surface area contributed by atoms with Gasteiger partial charge in [-0.15, -0.1) is 11.3 Å². The molecule has 0 amide bonds. The third-order valence-corrected chi connectivity index (χ3v) is 5.04. The van der Waals surface area contributed by atoms with Gasteiger partial charge in [0.2, 0.25) is 11.7 Å². The van der Waals surface area contributed by atoms with E-state index in [1.807, 2.05) is 25.3 Å². The maximum Gasteiger partial charge on any atom is 0.228 e. The Kier molecular flexibility index (Phi) is 7.39. The quantitative estimate of drug-likeness (QED) is 0.430. The van der Waals surface area contributed by atoms with E-state index in [2.05, 4.69) is 37.7 Å². The van der Waals surface area contributed by atoms with Gasteiger partial charge < -0.3 is 15.2 Å². The minimum atomic E-state index is 0.561. The molecule has 3 rings (SSSR count). The summed E-state index contributed by atoms with van der Waals surface area (Å²) in [6, 6.07) is 7.35. The number of hydrogen-bond acceptors (Lipinski definition) is 6. The second kappa shape index (κ2) is 10.2. The monoisotopic (exact) mass is 418 g/mol. The minimum absolute atomic E-state index is 0.561. The van der Waals surface area contributed by atoms with Crippen LogP contribution in [-0.2, 0) is 12.8 Å². The molecular formula is C19H23ClN6OS. The third-order valence-electron chi connectivity index (χ3n) is 3.81. The van der Waals surface area contributed by atoms with Crippen molar-refractivity contribution in [2.45, 2.75) is 26.7 Å². The van der Waals surface area contributed by atoms with Crippen LogP contribution in [0.1, 0.15) is 22.7 Å². The summed E-state index contributed by atoms with van der Waals surface area (Å²) in [6.07, 6.45) is 3.34. The van der Waals surface area contributed by atoms with Crippen molar-refractivity contribution < 1.29 is 4.52 Å². The molecule has 7 nitrogen and oxygen atoms in total. The summed E-state index contributed by atoms with van der Waals surface area (Å²) in [5, 5.41) is 12.3. The van der Waals surface area contributed by atoms with Gasteiger partial charge in [-0.25, -0.2) is 4.98 Å². The maximum absolute atomic E-state index is 5.91. The fourth-order valence-electron chi connectivity index (χ4n) is 2.48. The standard InChI is InChI=1S/C19H23ClN6OS/c1-3-21-19(23-11-9-17-24-12-13(2)28-17)22-10-8-16-25-18(26-27-16)14-4-6-15(20)7-5-14/h4-7,12H,3,8-11H2,1-2H3,(H2,21,22,23). The largest absolute Gasteiger partial charge is 0.357 e. The number of aromatic nitrogens is 3. The highest BCUT2D eigenvalue weighted by Crippen LogP contribution is 2.18. The molecule has 9 heteroatoms. The van der Waals surface area contributed by atoms with Crippen molar-refractivity contribution in [3.05, 3.63) is 51.3 Å². The van der Waals surface area contributed by atoms with Crippen molar-refractivity contribution >= 4 is 28.9 Å². The van der Waals surface area contributed by atoms with Crippen LogP contribution in [-0.4, -0.2) is 40.7 Å². The van der Waals surface area contributed by atoms with E-state index in [0.717, 1.165) is 29.5 Å². The SMILES string of the molecule is CCNC(=NCCc1ncc(C)s1)NCCc1nc(-c2ccc(Cl)cc2)no1. The van der Waals surface area contributed by atoms with Crippen molar-refractivity contribution in [2.75, 3.05) is 19.6 Å². The number of thiazole rings is 1. The van der Waals surface area contributed by atoms with E-state index >= 15 is 0 Å². The van der Waals surface area contributed by atoms with Crippen LogP contribution >= 0.6 is 22.9 Å². The summed E-state index contributed by atoms with van der Waals surface area (Å²) in [5.41, 5.74) is 0.875. The van der Waals surface area contributed by atoms with E-state index in [1.165, 1.54) is 4.88 Å². The predicted molar refractivity (Wildman–Crippen MR) is 113 cm³/mol. The van der Waals surface area contributed by atoms with Crippen molar-refractivity contribution in [3.63, 3.8) is 0 Å². The van der Waals surface area contributed by atoms with Crippen LogP contribution in [0.15, 0.2) is 40.0 Å². The van der Waals surface area contributed by atoms with Gasteiger partial charge in [-0.1, -0.05) is 16.8 Å². The van der Waals surface area contributed by atoms with Gasteiger partial charge in [-0.2, -0.15) is 4.98 Å². The molecule has 0 radical (unpaired) electrons. The molecule has 0 aliphatic rings. The van der Waals surface area contributed by atoms with Crippen LogP contribution in [0.3, 0.4) is 0 Å². The molecule has 0 fully saturated rings. The topological polar surface area (TPSA) is 88.2 Å². The lowest BCUT2D eigenvalue weighted by Crippen LogP contribution is -2.38. The van der Waals surface area contributed by atoms with E-state index < -0.39 is 0 Å². The second-order valence-electron chi connectivity index (χ2n) is 6.07. The van der Waals surface area contributed by atoms with Gasteiger partial charge in [0.05, 0.1) is 5.01 Å². The summed E-state index contributed by atoms with van der Waals surface area (Å²) in [4.78, 5) is 14.6. The van der Waals surface area contributed by atoms with Gasteiger partial charge in [0, 0.05) is 54.1 Å². The Morgan fingerprint density at radius 2 is 2.04 bits per heavy atom. The number of aliphatic imine (C=N–C) groups is 1. The highest BCUT2D eigenvalue weighted by Gasteiger charge is 2.09. The van der Waals surface area contributed by atoms with Crippen LogP contribution in [0.2, 0.25) is 5.02 Å². The van der Waals surface area contributed by atoms with Gasteiger partial charge in [-0.05, 0) is 38.1 Å². The molecule has 0 bridgehead atoms. The molecule has 2 N–H and O–H groups in total. The molecule has 2 heterocycles. The van der Waals surface area contributed by atoms with Gasteiger partial charge in [0.1, 0.15) is 0 Å². The van der Waals surface area contributed by atoms with Crippen molar-refractivity contribution in [2.24, 2.45) is 4.99 Å². The first kappa shape index (κ1) is 20.3. The number of rotatable bonds is 8. The van der Waals surface area contributed by atoms with E-state index in [1.54, 1.807) is 23.5 Å². The fourth-order valence-corrected chi connectivity index (χ4v) is 3.38. The molecule has 0 saturated carbocycles. The van der Waals surface area contributed by atoms with Crippen LogP contribution in [0.4, 0.5) is 0 Å². The number of guanidine groups is 1. The number of nitrogens with one attached hydrogen (secondary N) is 2. The lowest BCUT2D eigenvalue weighted by atomic mass is 10.2. The normalized spacial score (nSPS) is 11.6. The average molecular weight is 419 g/mol. The minimum Gasteiger partial charge on any atom is -0.357 e. The summed E-state index contributed by atoms with van der Waals surface area (Å²) in [6.45, 7) is 6.22. The van der Waals surface area contributed by atoms with Crippen molar-refractivity contribution in [1.29, 1.82) is 0 Å². The number of benzene rings is 1. The third kappa shape index (κ3) is 6.03. The lowest BCUT2D eigenvalue weighted by Gasteiger charge is -2.09. The number of halogens is 1. The molecule has 2 aromatic heterocycles. The lowest BCUT2D eigenvalue weighted by molar-refractivity contribution is 0.378. The van der Waals surface area contributed by atoms with E-state index in [-0.39, 0.29) is 0 Å². The molecule has 0 saturated heterocycles. The van der Waals surface area contributed by atoms with Gasteiger partial charge in [0.25, 0.3) is 0 Å². The summed E-state index contributed by atoms with van der Waals surface area (Å²) in [5.74, 6) is 1.91. The van der Waals surface area contributed by atoms with E-state index in [9.17, 15) is 0 Å². The number of hydrogen-bond donors (Lipinski definition) is 2. The number of nitrogens with zero attached hydrogens (tertiary/aromatic N) is 4. The molecule has 0 aliphatic heterocycles. The zero-order chi connectivity index (χ0) is 19.8. The molecule has 0 atom stereocenters. The Bertz CT molecular complexity index is 905. The zero-order valence-electron chi connectivity index (χ0n) is 15.9. The Morgan fingerprint density at radius 1 is 1.21 bits per heavy atom. The van der Waals surface area contributed by atoms with Gasteiger partial charge in [-0.3, -0.25) is 4.99 Å². The smallest absolute Gasteiger partial charge is 0.228 e. The average Bonchev–Trinajstić information content (AvgIpc) is 3.31. The molecular weight excluding hydrogens is 396 g/mol. The molecule has 28 heavy (non-hydrogen) atoms. The first-order valence-corrected chi connectivity index (χ1v) is 10.4. The zero-order valence-corrected chi connectivity index (χ0v) is 17.5. The fraction of sp³-hybridized carbons (Fsp3) is 0.368. The van der Waals surface area contributed by atoms with Crippen LogP contribution in [0, 0.1) is 6.92 Å². The van der Waals surface area contributed by atoms with Crippen LogP contribution < -0.4 is 10.6 Å². The summed E-state index contributed by atoms with van der Waals surface area (Å²) < 4.78 is 5.33. The predicted octanol–water partition coefficient (Wildman–Crippen LogP) is 3.50. The highest BCUT2D eigenvalue weighted by atomic mass is 35.5. The van der Waals surface area contributed by atoms with E-state index in [4.69, 9.17) is 16.1 Å². The second-order valence-corrected chi connectivity index (χ2v) is 7.83. The molecule has 0 spiro atoms. The first-order chi connectivity index (χ1) is 13.6. The van der Waals surface area contributed by atoms with Crippen LogP contribution in [0.5, 0.6) is 0 Å². The molecule has 148 valence electrons. The summed E-state index contributed by atoms with van der Waals surface area (Å²) in [7, 11) is 0. The van der Waals surface area contributed by atoms with Crippen molar-refractivity contribution in [3.8, 4) is 11.4 Å². The maximum atomic E-state index is 5.91. The van der Waals surface area contributed by atoms with Crippen molar-refractivity contribution in [1.82, 2.24) is 25.8 Å². The Labute approximate surface area is 173 Å². The highest BCUT2D eigenvalue weighted by molar-refractivity contribution is 7.11. The molecule has 1 aromatic carbocycles.